The van der Waals surface area contributed by atoms with Crippen molar-refractivity contribution >= 4 is 35.3 Å². The van der Waals surface area contributed by atoms with Gasteiger partial charge in [-0.15, -0.1) is 16.8 Å². The molecule has 1 N–H and O–H groups in total. The van der Waals surface area contributed by atoms with Crippen molar-refractivity contribution in [1.29, 1.82) is 0 Å². The van der Waals surface area contributed by atoms with Crippen LogP contribution in [-0.4, -0.2) is 52.6 Å². The van der Waals surface area contributed by atoms with Crippen molar-refractivity contribution in [3.63, 3.8) is 0 Å². The van der Waals surface area contributed by atoms with Gasteiger partial charge >= 0.3 is 11.9 Å². The van der Waals surface area contributed by atoms with E-state index < -0.39 is 18.0 Å². The van der Waals surface area contributed by atoms with Crippen LogP contribution in [0.2, 0.25) is 0 Å². The van der Waals surface area contributed by atoms with E-state index in [1.807, 2.05) is 35.8 Å². The number of thioether (sulfide) groups is 1. The zero-order valence-corrected chi connectivity index (χ0v) is 22.5. The largest absolute Gasteiger partial charge is 0.483 e. The summed E-state index contributed by atoms with van der Waals surface area (Å²) in [6.45, 7) is 8.21. The molecule has 3 aromatic rings. The maximum Gasteiger partial charge on any atom is 0.337 e. The predicted molar refractivity (Wildman–Crippen MR) is 144 cm³/mol. The molecule has 200 valence electrons. The first kappa shape index (κ1) is 28.5. The predicted octanol–water partition coefficient (Wildman–Crippen LogP) is 4.47. The molecule has 11 heteroatoms. The van der Waals surface area contributed by atoms with Gasteiger partial charge in [0, 0.05) is 12.2 Å². The molecule has 0 aliphatic carbocycles. The maximum atomic E-state index is 12.7. The van der Waals surface area contributed by atoms with Crippen LogP contribution in [0.5, 0.6) is 5.75 Å². The van der Waals surface area contributed by atoms with E-state index in [1.165, 1.54) is 49.7 Å². The quantitative estimate of drug-likeness (QED) is 0.202. The molecule has 2 aromatic carbocycles. The summed E-state index contributed by atoms with van der Waals surface area (Å²) in [5.74, 6) is -0.355. The van der Waals surface area contributed by atoms with Gasteiger partial charge < -0.3 is 19.5 Å². The third-order valence-corrected chi connectivity index (χ3v) is 6.42. The molecule has 0 aliphatic heterocycles. The van der Waals surface area contributed by atoms with E-state index in [9.17, 15) is 14.4 Å². The van der Waals surface area contributed by atoms with Crippen molar-refractivity contribution in [3.05, 3.63) is 77.6 Å². The maximum absolute atomic E-state index is 12.7. The molecule has 0 saturated carbocycles. The minimum atomic E-state index is -0.650. The van der Waals surface area contributed by atoms with Crippen LogP contribution in [0.1, 0.15) is 52.1 Å². The summed E-state index contributed by atoms with van der Waals surface area (Å²) in [5.41, 5.74) is 1.68. The first-order valence-corrected chi connectivity index (χ1v) is 12.8. The molecule has 1 unspecified atom stereocenters. The number of benzene rings is 2. The number of allylic oxidation sites excluding steroid dienone is 1. The molecule has 0 saturated heterocycles. The van der Waals surface area contributed by atoms with Gasteiger partial charge in [-0.25, -0.2) is 9.59 Å². The van der Waals surface area contributed by atoms with Crippen LogP contribution < -0.4 is 10.1 Å². The van der Waals surface area contributed by atoms with Crippen LogP contribution in [0.15, 0.2) is 60.3 Å². The molecule has 0 aliphatic rings. The van der Waals surface area contributed by atoms with E-state index in [2.05, 4.69) is 29.0 Å². The van der Waals surface area contributed by atoms with Gasteiger partial charge in [-0.05, 0) is 49.2 Å². The summed E-state index contributed by atoms with van der Waals surface area (Å²) in [5, 5.41) is 11.8. The summed E-state index contributed by atoms with van der Waals surface area (Å²) >= 11 is 1.18. The molecule has 0 bridgehead atoms. The summed E-state index contributed by atoms with van der Waals surface area (Å²) in [6, 6.07) is 12.1. The molecule has 0 fully saturated rings. The SMILES string of the molecule is C=CCn1c(SCC(=O)Nc2cc(C(=O)OC)cc(C(=O)OC)c2)nnc1C(C)Oc1ccc(CC)cc1. The Bertz CT molecular complexity index is 1270. The molecule has 38 heavy (non-hydrogen) atoms. The average molecular weight is 539 g/mol. The number of nitrogens with zero attached hydrogens (tertiary/aromatic N) is 3. The number of carbonyl (C=O) groups excluding carboxylic acids is 3. The molecule has 1 amide bonds. The van der Waals surface area contributed by atoms with Gasteiger partial charge in [-0.3, -0.25) is 9.36 Å². The van der Waals surface area contributed by atoms with E-state index in [-0.39, 0.29) is 28.5 Å². The standard InChI is InChI=1S/C27H30N4O6S/c1-6-12-31-24(17(3)37-22-10-8-18(7-2)9-11-22)29-30-27(31)38-16-23(32)28-21-14-19(25(33)35-4)13-20(15-21)26(34)36-5/h6,8-11,13-15,17H,1,7,12,16H2,2-5H3,(H,28,32). The van der Waals surface area contributed by atoms with E-state index in [0.29, 0.717) is 17.5 Å². The van der Waals surface area contributed by atoms with Gasteiger partial charge in [-0.1, -0.05) is 36.9 Å². The lowest BCUT2D eigenvalue weighted by molar-refractivity contribution is -0.113. The molecular formula is C27H30N4O6S. The van der Waals surface area contributed by atoms with Crippen LogP contribution in [0.3, 0.4) is 0 Å². The number of esters is 2. The summed E-state index contributed by atoms with van der Waals surface area (Å²) in [6.07, 6.45) is 2.27. The van der Waals surface area contributed by atoms with Crippen LogP contribution >= 0.6 is 11.8 Å². The number of rotatable bonds is 12. The van der Waals surface area contributed by atoms with Gasteiger partial charge in [0.25, 0.3) is 0 Å². The van der Waals surface area contributed by atoms with E-state index in [0.717, 1.165) is 12.2 Å². The smallest absolute Gasteiger partial charge is 0.337 e. The molecule has 1 aromatic heterocycles. The highest BCUT2D eigenvalue weighted by Crippen LogP contribution is 2.25. The number of amides is 1. The number of hydrogen-bond acceptors (Lipinski definition) is 9. The fourth-order valence-corrected chi connectivity index (χ4v) is 4.32. The Morgan fingerprint density at radius 3 is 2.24 bits per heavy atom. The molecular weight excluding hydrogens is 508 g/mol. The molecule has 1 atom stereocenters. The van der Waals surface area contributed by atoms with Gasteiger partial charge in [0.05, 0.1) is 31.1 Å². The van der Waals surface area contributed by atoms with Crippen LogP contribution in [-0.2, 0) is 27.2 Å². The van der Waals surface area contributed by atoms with Gasteiger partial charge in [0.1, 0.15) is 5.75 Å². The summed E-state index contributed by atoms with van der Waals surface area (Å²) in [7, 11) is 2.45. The molecule has 0 spiro atoms. The second kappa shape index (κ2) is 13.4. The first-order valence-electron chi connectivity index (χ1n) is 11.8. The van der Waals surface area contributed by atoms with Crippen molar-refractivity contribution < 1.29 is 28.6 Å². The number of anilines is 1. The summed E-state index contributed by atoms with van der Waals surface area (Å²) < 4.78 is 17.4. The van der Waals surface area contributed by atoms with Crippen LogP contribution in [0.25, 0.3) is 0 Å². The Morgan fingerprint density at radius 1 is 1.05 bits per heavy atom. The van der Waals surface area contributed by atoms with E-state index >= 15 is 0 Å². The highest BCUT2D eigenvalue weighted by atomic mass is 32.2. The van der Waals surface area contributed by atoms with Crippen molar-refractivity contribution in [2.45, 2.75) is 38.1 Å². The highest BCUT2D eigenvalue weighted by Gasteiger charge is 2.20. The van der Waals surface area contributed by atoms with Gasteiger partial charge in [-0.2, -0.15) is 0 Å². The monoisotopic (exact) mass is 538 g/mol. The van der Waals surface area contributed by atoms with Crippen LogP contribution in [0, 0.1) is 0 Å². The number of methoxy groups -OCH3 is 2. The lowest BCUT2D eigenvalue weighted by Gasteiger charge is -2.16. The number of ether oxygens (including phenoxy) is 3. The Kier molecular flexibility index (Phi) is 10.1. The molecule has 10 nitrogen and oxygen atoms in total. The lowest BCUT2D eigenvalue weighted by Crippen LogP contribution is -2.17. The number of aromatic nitrogens is 3. The second-order valence-electron chi connectivity index (χ2n) is 8.12. The number of hydrogen-bond donors (Lipinski definition) is 1. The minimum absolute atomic E-state index is 0.000989. The van der Waals surface area contributed by atoms with Crippen molar-refractivity contribution in [1.82, 2.24) is 14.8 Å². The molecule has 0 radical (unpaired) electrons. The normalized spacial score (nSPS) is 11.4. The third kappa shape index (κ3) is 7.22. The zero-order valence-electron chi connectivity index (χ0n) is 21.7. The van der Waals surface area contributed by atoms with E-state index in [4.69, 9.17) is 14.2 Å². The lowest BCUT2D eigenvalue weighted by atomic mass is 10.1. The minimum Gasteiger partial charge on any atom is -0.483 e. The third-order valence-electron chi connectivity index (χ3n) is 5.46. The summed E-state index contributed by atoms with van der Waals surface area (Å²) in [4.78, 5) is 36.7. The average Bonchev–Trinajstić information content (AvgIpc) is 3.33. The highest BCUT2D eigenvalue weighted by molar-refractivity contribution is 7.99. The number of aryl methyl sites for hydroxylation is 1. The Hall–Kier alpha value is -4.12. The van der Waals surface area contributed by atoms with Gasteiger partial charge in [0.2, 0.25) is 5.91 Å². The van der Waals surface area contributed by atoms with E-state index in [1.54, 1.807) is 6.08 Å². The van der Waals surface area contributed by atoms with Crippen molar-refractivity contribution in [2.75, 3.05) is 25.3 Å². The Balaban J connectivity index is 1.71. The van der Waals surface area contributed by atoms with Crippen LogP contribution in [0.4, 0.5) is 5.69 Å². The second-order valence-corrected chi connectivity index (χ2v) is 9.06. The van der Waals surface area contributed by atoms with Gasteiger partial charge in [0.15, 0.2) is 17.1 Å². The molecule has 3 rings (SSSR count). The Labute approximate surface area is 225 Å². The van der Waals surface area contributed by atoms with Crippen molar-refractivity contribution in [3.8, 4) is 5.75 Å². The Morgan fingerprint density at radius 2 is 1.68 bits per heavy atom. The topological polar surface area (TPSA) is 122 Å². The van der Waals surface area contributed by atoms with Crippen molar-refractivity contribution in [2.24, 2.45) is 0 Å². The fraction of sp³-hybridized carbons (Fsp3) is 0.296. The number of carbonyl (C=O) groups is 3. The molecule has 1 heterocycles. The first-order chi connectivity index (χ1) is 18.3. The zero-order chi connectivity index (χ0) is 27.7. The number of nitrogens with one attached hydrogen (secondary N) is 1. The fourth-order valence-electron chi connectivity index (χ4n) is 3.57.